The number of hydrogen-bond acceptors (Lipinski definition) is 8. The number of nitrogens with zero attached hydrogens (tertiary/aromatic N) is 1. The number of carbonyl (C=O) groups is 2. The quantitative estimate of drug-likeness (QED) is 0.393. The third-order valence-electron chi connectivity index (χ3n) is 5.11. The lowest BCUT2D eigenvalue weighted by Crippen LogP contribution is -2.48. The molecule has 0 aliphatic rings. The lowest BCUT2D eigenvalue weighted by atomic mass is 10.1. The van der Waals surface area contributed by atoms with E-state index in [-0.39, 0.29) is 17.7 Å². The number of esters is 1. The highest BCUT2D eigenvalue weighted by molar-refractivity contribution is 7.91. The van der Waals surface area contributed by atoms with Crippen LogP contribution < -0.4 is 18.5 Å². The fourth-order valence-electron chi connectivity index (χ4n) is 3.43. The summed E-state index contributed by atoms with van der Waals surface area (Å²) < 4.78 is 65.8. The number of rotatable bonds is 9. The highest BCUT2D eigenvalue weighted by Gasteiger charge is 2.34. The largest absolute Gasteiger partial charge is 0.497 e. The minimum absolute atomic E-state index is 0.00579. The molecule has 3 aromatic carbocycles. The number of anilines is 1. The van der Waals surface area contributed by atoms with Crippen molar-refractivity contribution in [3.05, 3.63) is 66.0 Å². The summed E-state index contributed by atoms with van der Waals surface area (Å²) in [6, 6.07) is 14.9. The molecule has 0 saturated carbocycles. The molecule has 0 heterocycles. The van der Waals surface area contributed by atoms with Crippen molar-refractivity contribution in [2.24, 2.45) is 0 Å². The lowest BCUT2D eigenvalue weighted by molar-refractivity contribution is -0.138. The second-order valence-corrected chi connectivity index (χ2v) is 10.7. The van der Waals surface area contributed by atoms with Crippen LogP contribution in [-0.4, -0.2) is 46.8 Å². The Morgan fingerprint density at radius 1 is 1.03 bits per heavy atom. The number of benzene rings is 3. The minimum Gasteiger partial charge on any atom is -0.497 e. The molecule has 3 aromatic rings. The number of methoxy groups -OCH3 is 2. The van der Waals surface area contributed by atoms with Gasteiger partial charge in [0.15, 0.2) is 5.82 Å². The number of nitrogens with one attached hydrogen (secondary N) is 1. The standard InChI is InChI=1S/C26H29FN2O8S/c1-26(2,3)37-25(31)28-38(32,33)29(15-22(30)35-5)24-21(36-16-17-9-7-6-8-10-17)13-18-11-12-19(34-4)14-20(18)23(24)27/h6-14H,15-16H2,1-5H3,(H,28,31). The van der Waals surface area contributed by atoms with Crippen molar-refractivity contribution in [2.75, 3.05) is 25.1 Å². The summed E-state index contributed by atoms with van der Waals surface area (Å²) in [6.45, 7) is 3.61. The molecule has 12 heteroatoms. The zero-order chi connectivity index (χ0) is 28.1. The van der Waals surface area contributed by atoms with Crippen LogP contribution in [0.5, 0.6) is 11.5 Å². The van der Waals surface area contributed by atoms with Gasteiger partial charge in [-0.05, 0) is 49.9 Å². The van der Waals surface area contributed by atoms with Crippen LogP contribution in [0.4, 0.5) is 14.9 Å². The van der Waals surface area contributed by atoms with Crippen LogP contribution in [0.2, 0.25) is 0 Å². The van der Waals surface area contributed by atoms with Gasteiger partial charge in [0.2, 0.25) is 0 Å². The van der Waals surface area contributed by atoms with Gasteiger partial charge in [-0.1, -0.05) is 36.4 Å². The van der Waals surface area contributed by atoms with Gasteiger partial charge in [0.1, 0.15) is 35.9 Å². The number of carbonyl (C=O) groups excluding carboxylic acids is 2. The van der Waals surface area contributed by atoms with E-state index in [2.05, 4.69) is 4.74 Å². The number of hydrogen-bond donors (Lipinski definition) is 1. The van der Waals surface area contributed by atoms with Crippen molar-refractivity contribution in [3.8, 4) is 11.5 Å². The van der Waals surface area contributed by atoms with E-state index in [4.69, 9.17) is 14.2 Å². The molecule has 1 amide bonds. The zero-order valence-corrected chi connectivity index (χ0v) is 22.4. The summed E-state index contributed by atoms with van der Waals surface area (Å²) >= 11 is 0. The van der Waals surface area contributed by atoms with Crippen LogP contribution in [0.3, 0.4) is 0 Å². The molecule has 0 aliphatic carbocycles. The first-order chi connectivity index (χ1) is 17.8. The van der Waals surface area contributed by atoms with E-state index in [0.717, 1.165) is 12.7 Å². The third-order valence-corrected chi connectivity index (χ3v) is 6.43. The molecular formula is C26H29FN2O8S. The molecule has 0 atom stereocenters. The van der Waals surface area contributed by atoms with Crippen molar-refractivity contribution >= 4 is 38.7 Å². The Labute approximate surface area is 220 Å². The van der Waals surface area contributed by atoms with Gasteiger partial charge in [-0.25, -0.2) is 18.2 Å². The number of amides is 1. The molecule has 10 nitrogen and oxygen atoms in total. The maximum atomic E-state index is 16.2. The van der Waals surface area contributed by atoms with Crippen molar-refractivity contribution in [1.82, 2.24) is 4.72 Å². The molecule has 0 aromatic heterocycles. The molecule has 204 valence electrons. The first kappa shape index (κ1) is 28.5. The van der Waals surface area contributed by atoms with Crippen molar-refractivity contribution in [2.45, 2.75) is 33.0 Å². The molecule has 38 heavy (non-hydrogen) atoms. The first-order valence-electron chi connectivity index (χ1n) is 11.4. The highest BCUT2D eigenvalue weighted by atomic mass is 32.2. The second-order valence-electron chi connectivity index (χ2n) is 9.09. The Hall–Kier alpha value is -4.06. The minimum atomic E-state index is -4.91. The Bertz CT molecular complexity index is 1420. The van der Waals surface area contributed by atoms with Crippen LogP contribution >= 0.6 is 0 Å². The van der Waals surface area contributed by atoms with Gasteiger partial charge in [-0.2, -0.15) is 8.42 Å². The van der Waals surface area contributed by atoms with Gasteiger partial charge in [0.05, 0.1) is 14.2 Å². The summed E-state index contributed by atoms with van der Waals surface area (Å²) in [5, 5.41) is 0.374. The van der Waals surface area contributed by atoms with E-state index in [9.17, 15) is 18.0 Å². The summed E-state index contributed by atoms with van der Waals surface area (Å²) in [6.07, 6.45) is -1.32. The van der Waals surface area contributed by atoms with E-state index in [1.165, 1.54) is 40.0 Å². The molecule has 0 saturated heterocycles. The second kappa shape index (κ2) is 11.5. The predicted octanol–water partition coefficient (Wildman–Crippen LogP) is 4.32. The van der Waals surface area contributed by atoms with Gasteiger partial charge in [0.25, 0.3) is 0 Å². The normalized spacial score (nSPS) is 11.5. The highest BCUT2D eigenvalue weighted by Crippen LogP contribution is 2.40. The number of halogens is 1. The van der Waals surface area contributed by atoms with Gasteiger partial charge >= 0.3 is 22.3 Å². The lowest BCUT2D eigenvalue weighted by Gasteiger charge is -2.27. The summed E-state index contributed by atoms with van der Waals surface area (Å²) in [5.41, 5.74) is -0.910. The van der Waals surface area contributed by atoms with E-state index in [0.29, 0.717) is 15.4 Å². The molecule has 0 aliphatic heterocycles. The average Bonchev–Trinajstić information content (AvgIpc) is 2.85. The summed E-state index contributed by atoms with van der Waals surface area (Å²) in [4.78, 5) is 24.6. The third kappa shape index (κ3) is 7.03. The molecule has 3 rings (SSSR count). The van der Waals surface area contributed by atoms with E-state index in [1.54, 1.807) is 41.1 Å². The molecule has 0 radical (unpaired) electrons. The molecule has 0 spiro atoms. The van der Waals surface area contributed by atoms with Crippen LogP contribution in [-0.2, 0) is 31.1 Å². The van der Waals surface area contributed by atoms with Crippen LogP contribution in [0.1, 0.15) is 26.3 Å². The fourth-order valence-corrected chi connectivity index (χ4v) is 4.48. The van der Waals surface area contributed by atoms with E-state index >= 15 is 4.39 Å². The molecule has 1 N–H and O–H groups in total. The maximum Gasteiger partial charge on any atom is 0.422 e. The smallest absolute Gasteiger partial charge is 0.422 e. The predicted molar refractivity (Wildman–Crippen MR) is 139 cm³/mol. The molecule has 0 unspecified atom stereocenters. The monoisotopic (exact) mass is 548 g/mol. The average molecular weight is 549 g/mol. The zero-order valence-electron chi connectivity index (χ0n) is 21.6. The number of fused-ring (bicyclic) bond motifs is 1. The number of ether oxygens (including phenoxy) is 4. The Morgan fingerprint density at radius 3 is 2.32 bits per heavy atom. The maximum absolute atomic E-state index is 16.2. The van der Waals surface area contributed by atoms with Crippen molar-refractivity contribution < 1.29 is 41.3 Å². The Morgan fingerprint density at radius 2 is 1.71 bits per heavy atom. The van der Waals surface area contributed by atoms with Crippen LogP contribution in [0.15, 0.2) is 54.6 Å². The molecule has 0 bridgehead atoms. The van der Waals surface area contributed by atoms with E-state index in [1.807, 2.05) is 6.07 Å². The fraction of sp³-hybridized carbons (Fsp3) is 0.308. The summed E-state index contributed by atoms with van der Waals surface area (Å²) in [7, 11) is -2.46. The van der Waals surface area contributed by atoms with Gasteiger partial charge in [0, 0.05) is 5.39 Å². The molecule has 0 fully saturated rings. The van der Waals surface area contributed by atoms with E-state index < -0.39 is 45.9 Å². The van der Waals surface area contributed by atoms with Crippen LogP contribution in [0, 0.1) is 5.82 Å². The SMILES string of the molecule is COC(=O)CN(c1c(OCc2ccccc2)cc2ccc(OC)cc2c1F)S(=O)(=O)NC(=O)OC(C)(C)C. The molecular weight excluding hydrogens is 519 g/mol. The van der Waals surface area contributed by atoms with Crippen LogP contribution in [0.25, 0.3) is 10.8 Å². The Kier molecular flexibility index (Phi) is 8.67. The topological polar surface area (TPSA) is 120 Å². The summed E-state index contributed by atoms with van der Waals surface area (Å²) in [5.74, 6) is -1.92. The van der Waals surface area contributed by atoms with Gasteiger partial charge < -0.3 is 18.9 Å². The van der Waals surface area contributed by atoms with Crippen molar-refractivity contribution in [3.63, 3.8) is 0 Å². The van der Waals surface area contributed by atoms with Crippen molar-refractivity contribution in [1.29, 1.82) is 0 Å². The Balaban J connectivity index is 2.19. The van der Waals surface area contributed by atoms with Gasteiger partial charge in [-0.15, -0.1) is 0 Å². The first-order valence-corrected chi connectivity index (χ1v) is 12.9. The van der Waals surface area contributed by atoms with Gasteiger partial charge in [-0.3, -0.25) is 4.79 Å².